The van der Waals surface area contributed by atoms with Crippen molar-refractivity contribution in [1.82, 2.24) is 19.9 Å². The second-order valence-electron chi connectivity index (χ2n) is 5.72. The highest BCUT2D eigenvalue weighted by molar-refractivity contribution is 5.93. The number of fused-ring (bicyclic) bond motifs is 1. The van der Waals surface area contributed by atoms with Gasteiger partial charge in [-0.1, -0.05) is 12.1 Å². The monoisotopic (exact) mass is 308 g/mol. The number of imidazole rings is 1. The normalized spacial score (nSPS) is 11.1. The Kier molecular flexibility index (Phi) is 4.37. The van der Waals surface area contributed by atoms with Crippen molar-refractivity contribution in [2.24, 2.45) is 0 Å². The minimum absolute atomic E-state index is 0.0837. The molecule has 2 aromatic heterocycles. The molecular weight excluding hydrogens is 288 g/mol. The van der Waals surface area contributed by atoms with Crippen LogP contribution >= 0.6 is 0 Å². The maximum atomic E-state index is 12.1. The van der Waals surface area contributed by atoms with Gasteiger partial charge in [0.05, 0.1) is 11.0 Å². The predicted octanol–water partition coefficient (Wildman–Crippen LogP) is 2.98. The lowest BCUT2D eigenvalue weighted by molar-refractivity contribution is 0.0954. The van der Waals surface area contributed by atoms with E-state index < -0.39 is 0 Å². The van der Waals surface area contributed by atoms with E-state index in [9.17, 15) is 4.79 Å². The zero-order valence-corrected chi connectivity index (χ0v) is 13.4. The fourth-order valence-electron chi connectivity index (χ4n) is 2.74. The third kappa shape index (κ3) is 3.23. The summed E-state index contributed by atoms with van der Waals surface area (Å²) in [5, 5.41) is 2.94. The molecule has 0 unspecified atom stereocenters. The zero-order valence-electron chi connectivity index (χ0n) is 13.4. The van der Waals surface area contributed by atoms with E-state index in [1.54, 1.807) is 24.5 Å². The Morgan fingerprint density at radius 1 is 1.17 bits per heavy atom. The van der Waals surface area contributed by atoms with Gasteiger partial charge in [0, 0.05) is 37.0 Å². The molecule has 0 aliphatic heterocycles. The molecule has 3 aromatic rings. The van der Waals surface area contributed by atoms with E-state index >= 15 is 0 Å². The highest BCUT2D eigenvalue weighted by Crippen LogP contribution is 2.21. The predicted molar refractivity (Wildman–Crippen MR) is 90.4 cm³/mol. The number of hydrogen-bond acceptors (Lipinski definition) is 3. The third-order valence-electron chi connectivity index (χ3n) is 3.76. The van der Waals surface area contributed by atoms with Gasteiger partial charge in [0.1, 0.15) is 5.82 Å². The fourth-order valence-corrected chi connectivity index (χ4v) is 2.74. The topological polar surface area (TPSA) is 59.8 Å². The first kappa shape index (κ1) is 15.2. The molecule has 0 aliphatic rings. The standard InChI is InChI=1S/C18H20N4O/c1-13(2)22-16-6-4-3-5-15(16)21-17(22)9-12-20-18(23)14-7-10-19-11-8-14/h3-8,10-11,13H,9,12H2,1-2H3,(H,20,23). The van der Waals surface area contributed by atoms with Crippen molar-refractivity contribution in [3.05, 3.63) is 60.2 Å². The number of rotatable bonds is 5. The average molecular weight is 308 g/mol. The molecule has 23 heavy (non-hydrogen) atoms. The number of aromatic nitrogens is 3. The molecule has 0 fully saturated rings. The molecule has 0 aliphatic carbocycles. The third-order valence-corrected chi connectivity index (χ3v) is 3.76. The van der Waals surface area contributed by atoms with Crippen LogP contribution in [0.5, 0.6) is 0 Å². The second-order valence-corrected chi connectivity index (χ2v) is 5.72. The number of nitrogens with zero attached hydrogens (tertiary/aromatic N) is 3. The molecule has 3 rings (SSSR count). The van der Waals surface area contributed by atoms with Crippen molar-refractivity contribution in [2.45, 2.75) is 26.3 Å². The summed E-state index contributed by atoms with van der Waals surface area (Å²) in [6.07, 6.45) is 3.93. The van der Waals surface area contributed by atoms with Gasteiger partial charge in [0.25, 0.3) is 5.91 Å². The Hall–Kier alpha value is -2.69. The quantitative estimate of drug-likeness (QED) is 0.788. The molecule has 0 atom stereocenters. The van der Waals surface area contributed by atoms with Crippen molar-refractivity contribution >= 4 is 16.9 Å². The molecule has 0 saturated carbocycles. The first-order valence-corrected chi connectivity index (χ1v) is 7.81. The maximum absolute atomic E-state index is 12.1. The summed E-state index contributed by atoms with van der Waals surface area (Å²) in [6.45, 7) is 4.84. The Morgan fingerprint density at radius 2 is 1.91 bits per heavy atom. The van der Waals surface area contributed by atoms with Gasteiger partial charge in [0.2, 0.25) is 0 Å². The summed E-state index contributed by atoms with van der Waals surface area (Å²) in [7, 11) is 0. The highest BCUT2D eigenvalue weighted by Gasteiger charge is 2.13. The molecule has 0 radical (unpaired) electrons. The van der Waals surface area contributed by atoms with Gasteiger partial charge >= 0.3 is 0 Å². The van der Waals surface area contributed by atoms with Gasteiger partial charge in [-0.2, -0.15) is 0 Å². The van der Waals surface area contributed by atoms with Gasteiger partial charge in [-0.05, 0) is 38.1 Å². The van der Waals surface area contributed by atoms with Crippen LogP contribution in [-0.2, 0) is 6.42 Å². The summed E-state index contributed by atoms with van der Waals surface area (Å²) < 4.78 is 2.23. The Morgan fingerprint density at radius 3 is 2.65 bits per heavy atom. The van der Waals surface area contributed by atoms with Crippen LogP contribution in [-0.4, -0.2) is 27.0 Å². The van der Waals surface area contributed by atoms with E-state index in [-0.39, 0.29) is 5.91 Å². The summed E-state index contributed by atoms with van der Waals surface area (Å²) in [5.41, 5.74) is 2.76. The Bertz CT molecular complexity index is 808. The maximum Gasteiger partial charge on any atom is 0.251 e. The summed E-state index contributed by atoms with van der Waals surface area (Å²) in [5.74, 6) is 0.913. The summed E-state index contributed by atoms with van der Waals surface area (Å²) in [4.78, 5) is 20.7. The minimum Gasteiger partial charge on any atom is -0.352 e. The van der Waals surface area contributed by atoms with Crippen molar-refractivity contribution in [3.8, 4) is 0 Å². The number of benzene rings is 1. The van der Waals surface area contributed by atoms with Crippen LogP contribution < -0.4 is 5.32 Å². The van der Waals surface area contributed by atoms with Gasteiger partial charge in [-0.25, -0.2) is 4.98 Å². The molecule has 5 heteroatoms. The number of pyridine rings is 1. The molecule has 0 saturated heterocycles. The molecule has 0 bridgehead atoms. The lowest BCUT2D eigenvalue weighted by Crippen LogP contribution is -2.26. The van der Waals surface area contributed by atoms with Gasteiger partial charge in [0.15, 0.2) is 0 Å². The zero-order chi connectivity index (χ0) is 16.2. The molecule has 1 aromatic carbocycles. The van der Waals surface area contributed by atoms with Crippen molar-refractivity contribution in [3.63, 3.8) is 0 Å². The van der Waals surface area contributed by atoms with Crippen LogP contribution in [0.4, 0.5) is 0 Å². The summed E-state index contributed by atoms with van der Waals surface area (Å²) >= 11 is 0. The molecule has 1 amide bonds. The van der Waals surface area contributed by atoms with Gasteiger partial charge in [-0.3, -0.25) is 9.78 Å². The average Bonchev–Trinajstić information content (AvgIpc) is 2.94. The van der Waals surface area contributed by atoms with E-state index in [0.29, 0.717) is 24.6 Å². The van der Waals surface area contributed by atoms with E-state index in [4.69, 9.17) is 4.98 Å². The highest BCUT2D eigenvalue weighted by atomic mass is 16.1. The second kappa shape index (κ2) is 6.60. The van der Waals surface area contributed by atoms with Gasteiger partial charge < -0.3 is 9.88 Å². The minimum atomic E-state index is -0.0837. The summed E-state index contributed by atoms with van der Waals surface area (Å²) in [6, 6.07) is 11.9. The first-order valence-electron chi connectivity index (χ1n) is 7.81. The van der Waals surface area contributed by atoms with Crippen LogP contribution in [0.3, 0.4) is 0 Å². The smallest absolute Gasteiger partial charge is 0.251 e. The van der Waals surface area contributed by atoms with Crippen LogP contribution in [0.2, 0.25) is 0 Å². The van der Waals surface area contributed by atoms with Crippen molar-refractivity contribution < 1.29 is 4.79 Å². The lowest BCUT2D eigenvalue weighted by Gasteiger charge is -2.13. The number of para-hydroxylation sites is 2. The molecule has 2 heterocycles. The van der Waals surface area contributed by atoms with Gasteiger partial charge in [-0.15, -0.1) is 0 Å². The SMILES string of the molecule is CC(C)n1c(CCNC(=O)c2ccncc2)nc2ccccc21. The first-order chi connectivity index (χ1) is 11.2. The number of carbonyl (C=O) groups is 1. The van der Waals surface area contributed by atoms with Crippen molar-refractivity contribution in [2.75, 3.05) is 6.54 Å². The van der Waals surface area contributed by atoms with E-state index in [1.807, 2.05) is 18.2 Å². The fraction of sp³-hybridized carbons (Fsp3) is 0.278. The Labute approximate surface area is 135 Å². The Balaban J connectivity index is 1.72. The number of amides is 1. The number of hydrogen-bond donors (Lipinski definition) is 1. The molecular formula is C18H20N4O. The van der Waals surface area contributed by atoms with Crippen LogP contribution in [0.25, 0.3) is 11.0 Å². The largest absolute Gasteiger partial charge is 0.352 e. The lowest BCUT2D eigenvalue weighted by atomic mass is 10.2. The molecule has 0 spiro atoms. The van der Waals surface area contributed by atoms with E-state index in [2.05, 4.69) is 34.8 Å². The molecule has 118 valence electrons. The van der Waals surface area contributed by atoms with Crippen LogP contribution in [0.15, 0.2) is 48.8 Å². The van der Waals surface area contributed by atoms with Crippen LogP contribution in [0.1, 0.15) is 36.1 Å². The molecule has 1 N–H and O–H groups in total. The number of nitrogens with one attached hydrogen (secondary N) is 1. The van der Waals surface area contributed by atoms with E-state index in [1.165, 1.54) is 0 Å². The number of carbonyl (C=O) groups excluding carboxylic acids is 1. The van der Waals surface area contributed by atoms with Crippen LogP contribution in [0, 0.1) is 0 Å². The van der Waals surface area contributed by atoms with E-state index in [0.717, 1.165) is 16.9 Å². The molecule has 5 nitrogen and oxygen atoms in total. The van der Waals surface area contributed by atoms with Crippen molar-refractivity contribution in [1.29, 1.82) is 0 Å².